The summed E-state index contributed by atoms with van der Waals surface area (Å²) in [7, 11) is -1.46. The molecule has 2 N–H and O–H groups in total. The lowest BCUT2D eigenvalue weighted by molar-refractivity contribution is 0.425. The largest absolute Gasteiger partial charge is 0.488 e. The van der Waals surface area contributed by atoms with E-state index < -0.39 is 7.12 Å². The summed E-state index contributed by atoms with van der Waals surface area (Å²) in [4.78, 5) is 4.64. The second kappa shape index (κ2) is 5.72. The Kier molecular flexibility index (Phi) is 3.77. The molecule has 0 spiro atoms. The van der Waals surface area contributed by atoms with Crippen molar-refractivity contribution in [2.45, 2.75) is 19.9 Å². The third-order valence-electron chi connectivity index (χ3n) is 3.71. The molecule has 3 rings (SSSR count). The van der Waals surface area contributed by atoms with Gasteiger partial charge in [0.25, 0.3) is 0 Å². The maximum Gasteiger partial charge on any atom is 0.488 e. The first-order chi connectivity index (χ1) is 10.2. The van der Waals surface area contributed by atoms with Crippen LogP contribution < -0.4 is 5.46 Å². The Balaban J connectivity index is 2.10. The minimum Gasteiger partial charge on any atom is -0.423 e. The second-order valence-electron chi connectivity index (χ2n) is 5.03. The van der Waals surface area contributed by atoms with Crippen molar-refractivity contribution in [2.24, 2.45) is 0 Å². The minimum absolute atomic E-state index is 0.539. The lowest BCUT2D eigenvalue weighted by Gasteiger charge is -2.12. The Morgan fingerprint density at radius 1 is 1.05 bits per heavy atom. The van der Waals surface area contributed by atoms with Gasteiger partial charge in [0.2, 0.25) is 0 Å². The molecule has 106 valence electrons. The molecule has 0 bridgehead atoms. The van der Waals surface area contributed by atoms with E-state index in [9.17, 15) is 10.0 Å². The maximum absolute atomic E-state index is 9.50. The third kappa shape index (κ3) is 2.58. The monoisotopic (exact) mass is 280 g/mol. The summed E-state index contributed by atoms with van der Waals surface area (Å²) >= 11 is 0. The fraction of sp³-hybridized carbons (Fsp3) is 0.188. The van der Waals surface area contributed by atoms with E-state index in [0.29, 0.717) is 12.0 Å². The van der Waals surface area contributed by atoms with Gasteiger partial charge in [-0.15, -0.1) is 0 Å². The van der Waals surface area contributed by atoms with Crippen molar-refractivity contribution in [3.05, 3.63) is 59.9 Å². The number of para-hydroxylation sites is 2. The molecule has 21 heavy (non-hydrogen) atoms. The van der Waals surface area contributed by atoms with Crippen molar-refractivity contribution in [3.63, 3.8) is 0 Å². The molecule has 3 aromatic rings. The highest BCUT2D eigenvalue weighted by atomic mass is 16.4. The highest BCUT2D eigenvalue weighted by molar-refractivity contribution is 6.59. The molecule has 0 saturated heterocycles. The Hall–Kier alpha value is -2.11. The number of benzene rings is 2. The van der Waals surface area contributed by atoms with Gasteiger partial charge in [-0.3, -0.25) is 0 Å². The van der Waals surface area contributed by atoms with Crippen molar-refractivity contribution in [1.82, 2.24) is 9.55 Å². The van der Waals surface area contributed by atoms with Crippen molar-refractivity contribution in [3.8, 4) is 0 Å². The summed E-state index contributed by atoms with van der Waals surface area (Å²) in [5.74, 6) is 0.999. The molecular weight excluding hydrogens is 263 g/mol. The van der Waals surface area contributed by atoms with E-state index in [0.717, 1.165) is 28.8 Å². The van der Waals surface area contributed by atoms with Gasteiger partial charge >= 0.3 is 7.12 Å². The molecule has 0 saturated carbocycles. The molecule has 0 radical (unpaired) electrons. The Morgan fingerprint density at radius 3 is 2.52 bits per heavy atom. The molecule has 0 aliphatic heterocycles. The van der Waals surface area contributed by atoms with Crippen LogP contribution in [0.25, 0.3) is 11.0 Å². The number of nitrogens with zero attached hydrogens (tertiary/aromatic N) is 2. The van der Waals surface area contributed by atoms with E-state index in [1.54, 1.807) is 6.07 Å². The van der Waals surface area contributed by atoms with Crippen LogP contribution in [0.2, 0.25) is 0 Å². The molecule has 0 fully saturated rings. The van der Waals surface area contributed by atoms with Crippen LogP contribution in [0.4, 0.5) is 0 Å². The van der Waals surface area contributed by atoms with Crippen molar-refractivity contribution < 1.29 is 10.0 Å². The average molecular weight is 280 g/mol. The third-order valence-corrected chi connectivity index (χ3v) is 3.71. The number of aryl methyl sites for hydroxylation is 1. The predicted molar refractivity (Wildman–Crippen MR) is 84.5 cm³/mol. The summed E-state index contributed by atoms with van der Waals surface area (Å²) in [6.45, 7) is 2.65. The molecule has 0 atom stereocenters. The van der Waals surface area contributed by atoms with Gasteiger partial charge in [-0.2, -0.15) is 0 Å². The molecule has 1 aromatic heterocycles. The van der Waals surface area contributed by atoms with Gasteiger partial charge in [0, 0.05) is 13.0 Å². The normalized spacial score (nSPS) is 11.0. The molecule has 0 aliphatic carbocycles. The Morgan fingerprint density at radius 2 is 1.76 bits per heavy atom. The van der Waals surface area contributed by atoms with Crippen LogP contribution in [0, 0.1) is 0 Å². The van der Waals surface area contributed by atoms with Gasteiger partial charge in [0.05, 0.1) is 11.0 Å². The summed E-state index contributed by atoms with van der Waals surface area (Å²) < 4.78 is 2.14. The second-order valence-corrected chi connectivity index (χ2v) is 5.03. The molecular formula is C16H17BN2O2. The zero-order valence-electron chi connectivity index (χ0n) is 11.9. The highest BCUT2D eigenvalue weighted by Gasteiger charge is 2.17. The quantitative estimate of drug-likeness (QED) is 0.709. The number of hydrogen-bond acceptors (Lipinski definition) is 3. The summed E-state index contributed by atoms with van der Waals surface area (Å²) in [6, 6.07) is 15.4. The first-order valence-electron chi connectivity index (χ1n) is 7.08. The van der Waals surface area contributed by atoms with Gasteiger partial charge in [0.15, 0.2) is 0 Å². The van der Waals surface area contributed by atoms with Gasteiger partial charge in [-0.1, -0.05) is 43.3 Å². The van der Waals surface area contributed by atoms with Crippen LogP contribution >= 0.6 is 0 Å². The topological polar surface area (TPSA) is 58.3 Å². The summed E-state index contributed by atoms with van der Waals surface area (Å²) in [5, 5.41) is 19.0. The van der Waals surface area contributed by atoms with Crippen LogP contribution in [-0.2, 0) is 13.0 Å². The van der Waals surface area contributed by atoms with E-state index >= 15 is 0 Å². The standard InChI is InChI=1S/C16H17BN2O2/c1-2-16-18-14-9-5-6-10-15(14)19(16)11-12-7-3-4-8-13(12)17(20)21/h3-10,20-21H,2,11H2,1H3. The fourth-order valence-electron chi connectivity index (χ4n) is 2.67. The number of aromatic nitrogens is 2. The fourth-order valence-corrected chi connectivity index (χ4v) is 2.67. The summed E-state index contributed by atoms with van der Waals surface area (Å²) in [6.07, 6.45) is 0.832. The van der Waals surface area contributed by atoms with Gasteiger partial charge < -0.3 is 14.6 Å². The van der Waals surface area contributed by atoms with Gasteiger partial charge in [-0.25, -0.2) is 4.98 Å². The van der Waals surface area contributed by atoms with Gasteiger partial charge in [-0.05, 0) is 23.2 Å². The first kappa shape index (κ1) is 13.9. The number of imidazole rings is 1. The van der Waals surface area contributed by atoms with E-state index in [-0.39, 0.29) is 0 Å². The number of rotatable bonds is 4. The lowest BCUT2D eigenvalue weighted by atomic mass is 9.77. The van der Waals surface area contributed by atoms with Crippen molar-refractivity contribution in [2.75, 3.05) is 0 Å². The van der Waals surface area contributed by atoms with E-state index in [1.165, 1.54) is 0 Å². The predicted octanol–water partition coefficient (Wildman–Crippen LogP) is 1.33. The molecule has 4 nitrogen and oxygen atoms in total. The first-order valence-corrected chi connectivity index (χ1v) is 7.08. The lowest BCUT2D eigenvalue weighted by Crippen LogP contribution is -2.33. The summed E-state index contributed by atoms with van der Waals surface area (Å²) in [5.41, 5.74) is 3.47. The van der Waals surface area contributed by atoms with Crippen molar-refractivity contribution in [1.29, 1.82) is 0 Å². The maximum atomic E-state index is 9.50. The molecule has 1 heterocycles. The van der Waals surface area contributed by atoms with Crippen LogP contribution in [0.5, 0.6) is 0 Å². The SMILES string of the molecule is CCc1nc2ccccc2n1Cc1ccccc1B(O)O. The Bertz CT molecular complexity index is 768. The van der Waals surface area contributed by atoms with E-state index in [2.05, 4.69) is 16.5 Å². The number of hydrogen-bond donors (Lipinski definition) is 2. The zero-order valence-corrected chi connectivity index (χ0v) is 11.9. The average Bonchev–Trinajstić information content (AvgIpc) is 2.86. The van der Waals surface area contributed by atoms with E-state index in [4.69, 9.17) is 0 Å². The highest BCUT2D eigenvalue weighted by Crippen LogP contribution is 2.18. The van der Waals surface area contributed by atoms with Crippen LogP contribution in [0.15, 0.2) is 48.5 Å². The number of fused-ring (bicyclic) bond motifs is 1. The molecule has 0 amide bonds. The smallest absolute Gasteiger partial charge is 0.423 e. The molecule has 2 aromatic carbocycles. The molecule has 0 aliphatic rings. The van der Waals surface area contributed by atoms with Gasteiger partial charge in [0.1, 0.15) is 5.82 Å². The van der Waals surface area contributed by atoms with E-state index in [1.807, 2.05) is 42.5 Å². The minimum atomic E-state index is -1.46. The molecule has 0 unspecified atom stereocenters. The zero-order chi connectivity index (χ0) is 14.8. The van der Waals surface area contributed by atoms with Crippen LogP contribution in [0.3, 0.4) is 0 Å². The van der Waals surface area contributed by atoms with Crippen LogP contribution in [-0.4, -0.2) is 26.7 Å². The molecule has 5 heteroatoms. The van der Waals surface area contributed by atoms with Crippen LogP contribution in [0.1, 0.15) is 18.3 Å². The Labute approximate surface area is 123 Å². The van der Waals surface area contributed by atoms with Crippen molar-refractivity contribution >= 4 is 23.6 Å².